The van der Waals surface area contributed by atoms with Gasteiger partial charge in [0.15, 0.2) is 0 Å². The van der Waals surface area contributed by atoms with Crippen molar-refractivity contribution in [1.82, 2.24) is 5.32 Å². The largest absolute Gasteiger partial charge is 0.508 e. The van der Waals surface area contributed by atoms with Crippen LogP contribution in [0.5, 0.6) is 11.5 Å². The Morgan fingerprint density at radius 1 is 1.14 bits per heavy atom. The van der Waals surface area contributed by atoms with Crippen molar-refractivity contribution in [2.75, 3.05) is 6.54 Å². The molecule has 1 aliphatic rings. The second-order valence-corrected chi connectivity index (χ2v) is 3.43. The predicted octanol–water partition coefficient (Wildman–Crippen LogP) is 1.94. The lowest BCUT2D eigenvalue weighted by Crippen LogP contribution is -2.12. The molecule has 0 aromatic heterocycles. The summed E-state index contributed by atoms with van der Waals surface area (Å²) in [6.45, 7) is 1.01. The van der Waals surface area contributed by atoms with Crippen LogP contribution < -0.4 is 5.32 Å². The normalized spacial score (nSPS) is 20.4. The van der Waals surface area contributed by atoms with Crippen LogP contribution in [0, 0.1) is 0 Å². The number of phenolic OH excluding ortho intramolecular Hbond substituents is 2. The highest BCUT2D eigenvalue weighted by Gasteiger charge is 2.16. The summed E-state index contributed by atoms with van der Waals surface area (Å²) >= 11 is 0. The summed E-state index contributed by atoms with van der Waals surface area (Å²) in [6, 6.07) is 5.03. The van der Waals surface area contributed by atoms with Gasteiger partial charge in [0, 0.05) is 12.1 Å². The highest BCUT2D eigenvalue weighted by Crippen LogP contribution is 2.29. The molecule has 0 saturated carbocycles. The van der Waals surface area contributed by atoms with Gasteiger partial charge in [0.25, 0.3) is 0 Å². The standard InChI is InChI=1S/C10H13NO2.ClH/c12-8-4-7(5-9(13)6-8)10-2-1-3-11-10;/h4-6,10-13H,1-3H2;1H/t10-;/m0./s1. The lowest BCUT2D eigenvalue weighted by atomic mass is 10.0. The molecule has 0 radical (unpaired) electrons. The van der Waals surface area contributed by atoms with E-state index in [1.807, 2.05) is 0 Å². The van der Waals surface area contributed by atoms with Crippen LogP contribution in [-0.2, 0) is 0 Å². The first-order chi connectivity index (χ1) is 6.25. The Kier molecular flexibility index (Phi) is 3.61. The minimum absolute atomic E-state index is 0. The number of hydrogen-bond donors (Lipinski definition) is 3. The third-order valence-corrected chi connectivity index (χ3v) is 2.39. The molecule has 0 spiro atoms. The van der Waals surface area contributed by atoms with Gasteiger partial charge in [-0.1, -0.05) is 0 Å². The molecule has 3 N–H and O–H groups in total. The lowest BCUT2D eigenvalue weighted by molar-refractivity contribution is 0.447. The Morgan fingerprint density at radius 2 is 1.79 bits per heavy atom. The third kappa shape index (κ3) is 2.30. The summed E-state index contributed by atoms with van der Waals surface area (Å²) in [4.78, 5) is 0. The van der Waals surface area contributed by atoms with E-state index >= 15 is 0 Å². The summed E-state index contributed by atoms with van der Waals surface area (Å²) in [5.41, 5.74) is 0.968. The molecule has 14 heavy (non-hydrogen) atoms. The Morgan fingerprint density at radius 3 is 2.29 bits per heavy atom. The van der Waals surface area contributed by atoms with Crippen LogP contribution >= 0.6 is 12.4 Å². The highest BCUT2D eigenvalue weighted by molar-refractivity contribution is 5.85. The monoisotopic (exact) mass is 215 g/mol. The molecule has 1 aliphatic heterocycles. The molecule has 4 heteroatoms. The maximum atomic E-state index is 9.27. The van der Waals surface area contributed by atoms with Gasteiger partial charge < -0.3 is 15.5 Å². The van der Waals surface area contributed by atoms with Crippen molar-refractivity contribution < 1.29 is 10.2 Å². The lowest BCUT2D eigenvalue weighted by Gasteiger charge is -2.10. The molecule has 2 rings (SSSR count). The molecule has 1 heterocycles. The van der Waals surface area contributed by atoms with Crippen LogP contribution in [0.3, 0.4) is 0 Å². The van der Waals surface area contributed by atoms with E-state index in [-0.39, 0.29) is 29.9 Å². The Balaban J connectivity index is 0.000000980. The van der Waals surface area contributed by atoms with Gasteiger partial charge in [0.05, 0.1) is 0 Å². The van der Waals surface area contributed by atoms with Gasteiger partial charge in [-0.3, -0.25) is 0 Å². The maximum Gasteiger partial charge on any atom is 0.119 e. The first kappa shape index (κ1) is 11.1. The van der Waals surface area contributed by atoms with Gasteiger partial charge in [0.2, 0.25) is 0 Å². The fourth-order valence-electron chi connectivity index (χ4n) is 1.79. The van der Waals surface area contributed by atoms with Crippen molar-refractivity contribution >= 4 is 12.4 Å². The van der Waals surface area contributed by atoms with Crippen LogP contribution in [0.15, 0.2) is 18.2 Å². The third-order valence-electron chi connectivity index (χ3n) is 2.39. The number of benzene rings is 1. The van der Waals surface area contributed by atoms with Crippen molar-refractivity contribution in [3.8, 4) is 11.5 Å². The molecule has 0 bridgehead atoms. The van der Waals surface area contributed by atoms with Gasteiger partial charge in [-0.25, -0.2) is 0 Å². The van der Waals surface area contributed by atoms with E-state index < -0.39 is 0 Å². The molecule has 1 saturated heterocycles. The summed E-state index contributed by atoms with van der Waals surface area (Å²) in [5, 5.41) is 21.8. The summed E-state index contributed by atoms with van der Waals surface area (Å²) in [5.74, 6) is 0.257. The zero-order chi connectivity index (χ0) is 9.26. The molecule has 0 aliphatic carbocycles. The van der Waals surface area contributed by atoms with Crippen LogP contribution in [0.2, 0.25) is 0 Å². The van der Waals surface area contributed by atoms with Crippen molar-refractivity contribution in [2.45, 2.75) is 18.9 Å². The average Bonchev–Trinajstić information content (AvgIpc) is 2.53. The van der Waals surface area contributed by atoms with E-state index in [1.165, 1.54) is 6.07 Å². The number of halogens is 1. The summed E-state index contributed by atoms with van der Waals surface area (Å²) in [6.07, 6.45) is 2.23. The molecule has 0 amide bonds. The molecule has 0 unspecified atom stereocenters. The van der Waals surface area contributed by atoms with Crippen molar-refractivity contribution in [1.29, 1.82) is 0 Å². The first-order valence-corrected chi connectivity index (χ1v) is 4.52. The second kappa shape index (κ2) is 4.53. The fraction of sp³-hybridized carbons (Fsp3) is 0.400. The Hall–Kier alpha value is -0.930. The van der Waals surface area contributed by atoms with Crippen molar-refractivity contribution in [3.63, 3.8) is 0 Å². The number of phenols is 2. The van der Waals surface area contributed by atoms with Crippen molar-refractivity contribution in [2.24, 2.45) is 0 Å². The van der Waals surface area contributed by atoms with Crippen LogP contribution in [0.4, 0.5) is 0 Å². The predicted molar refractivity (Wildman–Crippen MR) is 57.0 cm³/mol. The quantitative estimate of drug-likeness (QED) is 0.671. The molecule has 78 valence electrons. The Labute approximate surface area is 89.2 Å². The van der Waals surface area contributed by atoms with Gasteiger partial charge in [0.1, 0.15) is 11.5 Å². The summed E-state index contributed by atoms with van der Waals surface area (Å²) in [7, 11) is 0. The van der Waals surface area contributed by atoms with Crippen LogP contribution in [-0.4, -0.2) is 16.8 Å². The smallest absolute Gasteiger partial charge is 0.119 e. The molecular weight excluding hydrogens is 202 g/mol. The number of aromatic hydroxyl groups is 2. The van der Waals surface area contributed by atoms with E-state index in [2.05, 4.69) is 5.32 Å². The van der Waals surface area contributed by atoms with Gasteiger partial charge in [-0.15, -0.1) is 12.4 Å². The van der Waals surface area contributed by atoms with Crippen LogP contribution in [0.1, 0.15) is 24.4 Å². The van der Waals surface area contributed by atoms with Gasteiger partial charge >= 0.3 is 0 Å². The van der Waals surface area contributed by atoms with E-state index in [4.69, 9.17) is 0 Å². The Bertz CT molecular complexity index is 291. The second-order valence-electron chi connectivity index (χ2n) is 3.43. The minimum atomic E-state index is 0. The summed E-state index contributed by atoms with van der Waals surface area (Å²) < 4.78 is 0. The maximum absolute atomic E-state index is 9.27. The first-order valence-electron chi connectivity index (χ1n) is 4.52. The molecule has 1 atom stereocenters. The van der Waals surface area contributed by atoms with Gasteiger partial charge in [-0.2, -0.15) is 0 Å². The SMILES string of the molecule is Cl.Oc1cc(O)cc([C@@H]2CCCN2)c1. The molecule has 3 nitrogen and oxygen atoms in total. The van der Waals surface area contributed by atoms with Gasteiger partial charge in [-0.05, 0) is 37.1 Å². The molecule has 1 aromatic rings. The van der Waals surface area contributed by atoms with E-state index in [0.29, 0.717) is 0 Å². The molecule has 1 fully saturated rings. The van der Waals surface area contributed by atoms with E-state index in [0.717, 1.165) is 24.9 Å². The average molecular weight is 216 g/mol. The highest BCUT2D eigenvalue weighted by atomic mass is 35.5. The number of rotatable bonds is 1. The number of nitrogens with one attached hydrogen (secondary N) is 1. The molecule has 1 aromatic carbocycles. The van der Waals surface area contributed by atoms with E-state index in [1.54, 1.807) is 12.1 Å². The van der Waals surface area contributed by atoms with E-state index in [9.17, 15) is 10.2 Å². The van der Waals surface area contributed by atoms with Crippen molar-refractivity contribution in [3.05, 3.63) is 23.8 Å². The zero-order valence-electron chi connectivity index (χ0n) is 7.73. The zero-order valence-corrected chi connectivity index (χ0v) is 8.55. The minimum Gasteiger partial charge on any atom is -0.508 e. The molecular formula is C10H14ClNO2. The fourth-order valence-corrected chi connectivity index (χ4v) is 1.79. The van der Waals surface area contributed by atoms with Crippen LogP contribution in [0.25, 0.3) is 0 Å². The number of hydrogen-bond acceptors (Lipinski definition) is 3. The topological polar surface area (TPSA) is 52.5 Å².